The van der Waals surface area contributed by atoms with Crippen molar-refractivity contribution in [1.29, 1.82) is 0 Å². The van der Waals surface area contributed by atoms with E-state index in [4.69, 9.17) is 5.11 Å². The Balaban J connectivity index is 1.63. The normalized spacial score (nSPS) is 13.3. The highest BCUT2D eigenvalue weighted by Gasteiger charge is 2.26. The maximum Gasteiger partial charge on any atom is 0.335 e. The number of carboxylic acids is 1. The van der Waals surface area contributed by atoms with Crippen LogP contribution in [0.2, 0.25) is 0 Å². The Morgan fingerprint density at radius 2 is 2.04 bits per heavy atom. The highest BCUT2D eigenvalue weighted by Crippen LogP contribution is 2.32. The van der Waals surface area contributed by atoms with E-state index in [0.29, 0.717) is 18.1 Å². The summed E-state index contributed by atoms with van der Waals surface area (Å²) in [5.41, 5.74) is 2.44. The molecule has 2 aromatic heterocycles. The number of amides is 2. The van der Waals surface area contributed by atoms with Crippen LogP contribution in [-0.2, 0) is 6.54 Å². The van der Waals surface area contributed by atoms with E-state index in [0.717, 1.165) is 16.1 Å². The van der Waals surface area contributed by atoms with Crippen molar-refractivity contribution in [2.75, 3.05) is 10.2 Å². The molecule has 25 heavy (non-hydrogen) atoms. The van der Waals surface area contributed by atoms with Gasteiger partial charge in [-0.15, -0.1) is 11.3 Å². The van der Waals surface area contributed by atoms with Gasteiger partial charge in [0.05, 0.1) is 12.1 Å². The van der Waals surface area contributed by atoms with Crippen molar-refractivity contribution in [3.05, 3.63) is 59.2 Å². The number of hydrogen-bond donors (Lipinski definition) is 2. The smallest absolute Gasteiger partial charge is 0.335 e. The van der Waals surface area contributed by atoms with Crippen LogP contribution in [0.1, 0.15) is 15.9 Å². The minimum Gasteiger partial charge on any atom is -0.478 e. The molecule has 0 saturated heterocycles. The summed E-state index contributed by atoms with van der Waals surface area (Å²) in [5.74, 6) is -0.469. The first-order valence-electron chi connectivity index (χ1n) is 7.42. The molecular weight excluding hydrogens is 340 g/mol. The molecule has 0 radical (unpaired) electrons. The number of urea groups is 1. The third kappa shape index (κ3) is 2.83. The summed E-state index contributed by atoms with van der Waals surface area (Å²) in [4.78, 5) is 33.5. The lowest BCUT2D eigenvalue weighted by Gasteiger charge is -2.27. The minimum absolute atomic E-state index is 0.140. The number of nitrogens with zero attached hydrogens (tertiary/aromatic N) is 3. The quantitative estimate of drug-likeness (QED) is 0.753. The van der Waals surface area contributed by atoms with Crippen LogP contribution in [0.25, 0.3) is 10.6 Å². The second kappa shape index (κ2) is 5.99. The molecule has 4 rings (SSSR count). The van der Waals surface area contributed by atoms with Gasteiger partial charge >= 0.3 is 12.0 Å². The molecule has 0 fully saturated rings. The zero-order valence-electron chi connectivity index (χ0n) is 12.8. The average Bonchev–Trinajstić information content (AvgIpc) is 3.11. The van der Waals surface area contributed by atoms with E-state index in [1.54, 1.807) is 18.5 Å². The molecule has 8 heteroatoms. The fourth-order valence-corrected chi connectivity index (χ4v) is 3.41. The lowest BCUT2D eigenvalue weighted by molar-refractivity contribution is 0.0697. The number of rotatable bonds is 3. The van der Waals surface area contributed by atoms with Crippen molar-refractivity contribution in [2.24, 2.45) is 0 Å². The number of nitrogens with one attached hydrogen (secondary N) is 1. The van der Waals surface area contributed by atoms with Crippen molar-refractivity contribution in [3.63, 3.8) is 0 Å². The number of pyridine rings is 1. The third-order valence-corrected chi connectivity index (χ3v) is 4.75. The number of fused-ring (bicyclic) bond motifs is 1. The zero-order chi connectivity index (χ0) is 17.4. The summed E-state index contributed by atoms with van der Waals surface area (Å²) in [5, 5.41) is 14.4. The van der Waals surface area contributed by atoms with Crippen LogP contribution in [0.3, 0.4) is 0 Å². The molecule has 0 spiro atoms. The van der Waals surface area contributed by atoms with E-state index in [1.807, 2.05) is 17.5 Å². The summed E-state index contributed by atoms with van der Waals surface area (Å²) in [6.07, 6.45) is 3.39. The monoisotopic (exact) mass is 352 g/mol. The van der Waals surface area contributed by atoms with Gasteiger partial charge in [-0.05, 0) is 29.8 Å². The predicted octanol–water partition coefficient (Wildman–Crippen LogP) is 3.46. The number of carbonyl (C=O) groups is 2. The van der Waals surface area contributed by atoms with Crippen molar-refractivity contribution in [2.45, 2.75) is 6.54 Å². The molecule has 1 aromatic carbocycles. The molecule has 1 aliphatic rings. The van der Waals surface area contributed by atoms with Crippen LogP contribution in [0.15, 0.2) is 48.1 Å². The number of anilines is 2. The van der Waals surface area contributed by atoms with Gasteiger partial charge in [-0.3, -0.25) is 9.88 Å². The van der Waals surface area contributed by atoms with Crippen LogP contribution >= 0.6 is 11.3 Å². The van der Waals surface area contributed by atoms with Gasteiger partial charge in [0, 0.05) is 29.0 Å². The lowest BCUT2D eigenvalue weighted by Crippen LogP contribution is -2.39. The topological polar surface area (TPSA) is 95.4 Å². The first-order valence-corrected chi connectivity index (χ1v) is 8.30. The third-order valence-electron chi connectivity index (χ3n) is 3.87. The van der Waals surface area contributed by atoms with Crippen LogP contribution in [0.4, 0.5) is 16.3 Å². The number of aromatic nitrogens is 2. The van der Waals surface area contributed by atoms with E-state index >= 15 is 0 Å². The Morgan fingerprint density at radius 3 is 2.80 bits per heavy atom. The number of carboxylic acid groups (broad SMARTS) is 1. The fraction of sp³-hybridized carbons (Fsp3) is 0.0588. The average molecular weight is 352 g/mol. The Bertz CT molecular complexity index is 971. The Labute approximate surface area is 146 Å². The van der Waals surface area contributed by atoms with Crippen molar-refractivity contribution in [1.82, 2.24) is 9.97 Å². The second-order valence-corrected chi connectivity index (χ2v) is 6.30. The number of benzene rings is 1. The molecule has 3 aromatic rings. The standard InChI is InChI=1S/C17H12N4O3S/c22-16(23)11-1-2-12-8-21(17(24)19-13(12)7-11)14-9-25-15(20-14)10-3-5-18-6-4-10/h1-7,9H,8H2,(H,19,24)(H,22,23). The maximum atomic E-state index is 12.4. The Morgan fingerprint density at radius 1 is 1.24 bits per heavy atom. The SMILES string of the molecule is O=C(O)c1ccc2c(c1)NC(=O)N(c1csc(-c3ccncc3)n1)C2. The zero-order valence-corrected chi connectivity index (χ0v) is 13.7. The summed E-state index contributed by atoms with van der Waals surface area (Å²) < 4.78 is 0. The molecule has 2 N–H and O–H groups in total. The van der Waals surface area contributed by atoms with Crippen molar-refractivity contribution >= 4 is 34.8 Å². The molecule has 2 amide bonds. The number of thiazole rings is 1. The lowest BCUT2D eigenvalue weighted by atomic mass is 10.1. The van der Waals surface area contributed by atoms with Gasteiger partial charge in [-0.1, -0.05) is 6.07 Å². The van der Waals surface area contributed by atoms with E-state index in [2.05, 4.69) is 15.3 Å². The molecule has 0 atom stereocenters. The number of carbonyl (C=O) groups excluding carboxylic acids is 1. The van der Waals surface area contributed by atoms with Crippen LogP contribution in [0.5, 0.6) is 0 Å². The van der Waals surface area contributed by atoms with Gasteiger partial charge in [0.1, 0.15) is 10.8 Å². The molecule has 3 heterocycles. The van der Waals surface area contributed by atoms with Gasteiger partial charge in [-0.25, -0.2) is 14.6 Å². The first kappa shape index (κ1) is 15.3. The molecule has 1 aliphatic heterocycles. The maximum absolute atomic E-state index is 12.4. The summed E-state index contributed by atoms with van der Waals surface area (Å²) >= 11 is 1.45. The number of aromatic carboxylic acids is 1. The highest BCUT2D eigenvalue weighted by atomic mass is 32.1. The molecule has 0 unspecified atom stereocenters. The van der Waals surface area contributed by atoms with Crippen molar-refractivity contribution < 1.29 is 14.7 Å². The Kier molecular flexibility index (Phi) is 3.66. The molecule has 0 aliphatic carbocycles. The molecule has 0 bridgehead atoms. The van der Waals surface area contributed by atoms with Gasteiger partial charge in [0.2, 0.25) is 0 Å². The Hall–Kier alpha value is -3.26. The summed E-state index contributed by atoms with van der Waals surface area (Å²) in [6, 6.07) is 8.10. The van der Waals surface area contributed by atoms with Gasteiger partial charge in [0.25, 0.3) is 0 Å². The van der Waals surface area contributed by atoms with Crippen LogP contribution in [0, 0.1) is 0 Å². The fourth-order valence-electron chi connectivity index (χ4n) is 2.59. The van der Waals surface area contributed by atoms with E-state index in [1.165, 1.54) is 28.4 Å². The highest BCUT2D eigenvalue weighted by molar-refractivity contribution is 7.13. The molecule has 124 valence electrons. The van der Waals surface area contributed by atoms with E-state index in [-0.39, 0.29) is 11.6 Å². The van der Waals surface area contributed by atoms with Crippen molar-refractivity contribution in [3.8, 4) is 10.6 Å². The largest absolute Gasteiger partial charge is 0.478 e. The number of hydrogen-bond acceptors (Lipinski definition) is 5. The molecular formula is C17H12N4O3S. The molecule has 0 saturated carbocycles. The summed E-state index contributed by atoms with van der Waals surface area (Å²) in [7, 11) is 0. The van der Waals surface area contributed by atoms with E-state index < -0.39 is 5.97 Å². The summed E-state index contributed by atoms with van der Waals surface area (Å²) in [6.45, 7) is 0.334. The first-order chi connectivity index (χ1) is 12.1. The van der Waals surface area contributed by atoms with Crippen LogP contribution in [-0.4, -0.2) is 27.1 Å². The van der Waals surface area contributed by atoms with Gasteiger partial charge < -0.3 is 10.4 Å². The van der Waals surface area contributed by atoms with E-state index in [9.17, 15) is 9.59 Å². The van der Waals surface area contributed by atoms with Crippen LogP contribution < -0.4 is 10.2 Å². The second-order valence-electron chi connectivity index (χ2n) is 5.44. The molecule has 7 nitrogen and oxygen atoms in total. The minimum atomic E-state index is -1.03. The predicted molar refractivity (Wildman–Crippen MR) is 93.9 cm³/mol. The van der Waals surface area contributed by atoms with Gasteiger partial charge in [0.15, 0.2) is 0 Å². The van der Waals surface area contributed by atoms with Gasteiger partial charge in [-0.2, -0.15) is 0 Å².